The van der Waals surface area contributed by atoms with Crippen molar-refractivity contribution >= 4 is 5.97 Å². The van der Waals surface area contributed by atoms with E-state index < -0.39 is 12.6 Å². The molecule has 1 aromatic heterocycles. The molecule has 0 atom stereocenters. The number of aromatic nitrogens is 1. The van der Waals surface area contributed by atoms with Crippen molar-refractivity contribution in [3.05, 3.63) is 48.3 Å². The van der Waals surface area contributed by atoms with Crippen LogP contribution in [0.4, 0.5) is 4.39 Å². The number of hydrogen-bond acceptors (Lipinski definition) is 3. The van der Waals surface area contributed by atoms with Gasteiger partial charge in [-0.2, -0.15) is 0 Å². The van der Waals surface area contributed by atoms with E-state index in [4.69, 9.17) is 9.84 Å². The van der Waals surface area contributed by atoms with Gasteiger partial charge in [-0.15, -0.1) is 0 Å². The van der Waals surface area contributed by atoms with Gasteiger partial charge in [0.25, 0.3) is 0 Å². The number of hydrogen-bond donors (Lipinski definition) is 1. The third-order valence-electron chi connectivity index (χ3n) is 2.96. The topological polar surface area (TPSA) is 59.4 Å². The fourth-order valence-electron chi connectivity index (χ4n) is 2.00. The second kappa shape index (κ2) is 7.38. The summed E-state index contributed by atoms with van der Waals surface area (Å²) in [5, 5.41) is 8.73. The zero-order valence-electron chi connectivity index (χ0n) is 11.5. The summed E-state index contributed by atoms with van der Waals surface area (Å²) in [6.07, 6.45) is 3.81. The van der Waals surface area contributed by atoms with Crippen LogP contribution in [0.1, 0.15) is 12.0 Å². The first-order valence-corrected chi connectivity index (χ1v) is 6.64. The van der Waals surface area contributed by atoms with Crippen molar-refractivity contribution in [1.82, 2.24) is 4.98 Å². The molecule has 2 aromatic rings. The lowest BCUT2D eigenvalue weighted by Crippen LogP contribution is -2.01. The highest BCUT2D eigenvalue weighted by atomic mass is 19.1. The van der Waals surface area contributed by atoms with Crippen molar-refractivity contribution < 1.29 is 19.0 Å². The number of aliphatic carboxylic acids is 1. The summed E-state index contributed by atoms with van der Waals surface area (Å²) in [6.45, 7) is -0.547. The molecule has 0 radical (unpaired) electrons. The quantitative estimate of drug-likeness (QED) is 0.850. The Labute approximate surface area is 122 Å². The van der Waals surface area contributed by atoms with Crippen LogP contribution in [0.3, 0.4) is 0 Å². The summed E-state index contributed by atoms with van der Waals surface area (Å²) in [5.74, 6) is -0.251. The van der Waals surface area contributed by atoms with Crippen LogP contribution in [0, 0.1) is 0 Å². The number of aryl methyl sites for hydroxylation is 1. The number of alkyl halides is 1. The van der Waals surface area contributed by atoms with Gasteiger partial charge in [0.05, 0.1) is 0 Å². The fourth-order valence-corrected chi connectivity index (χ4v) is 2.00. The highest BCUT2D eigenvalue weighted by Gasteiger charge is 2.08. The molecule has 0 unspecified atom stereocenters. The standard InChI is InChI=1S/C16H16FNO3/c17-7-8-21-15-4-2-1-3-14(15)13-9-12(10-18-11-13)5-6-16(19)20/h1-4,9-11H,5-8H2,(H,19,20). The lowest BCUT2D eigenvalue weighted by atomic mass is 10.0. The van der Waals surface area contributed by atoms with Crippen LogP contribution in [0.15, 0.2) is 42.7 Å². The number of benzene rings is 1. The fraction of sp³-hybridized carbons (Fsp3) is 0.250. The van der Waals surface area contributed by atoms with Crippen molar-refractivity contribution in [3.63, 3.8) is 0 Å². The van der Waals surface area contributed by atoms with E-state index in [9.17, 15) is 9.18 Å². The van der Waals surface area contributed by atoms with Gasteiger partial charge in [0.2, 0.25) is 0 Å². The van der Waals surface area contributed by atoms with E-state index in [2.05, 4.69) is 4.98 Å². The van der Waals surface area contributed by atoms with Crippen LogP contribution in [0.25, 0.3) is 11.1 Å². The van der Waals surface area contributed by atoms with Crippen molar-refractivity contribution in [1.29, 1.82) is 0 Å². The van der Waals surface area contributed by atoms with E-state index in [0.29, 0.717) is 12.2 Å². The van der Waals surface area contributed by atoms with E-state index in [0.717, 1.165) is 16.7 Å². The summed E-state index contributed by atoms with van der Waals surface area (Å²) in [4.78, 5) is 14.8. The Balaban J connectivity index is 2.25. The molecular weight excluding hydrogens is 273 g/mol. The first-order chi connectivity index (χ1) is 10.2. The zero-order chi connectivity index (χ0) is 15.1. The van der Waals surface area contributed by atoms with Gasteiger partial charge in [-0.3, -0.25) is 9.78 Å². The van der Waals surface area contributed by atoms with Crippen molar-refractivity contribution in [2.24, 2.45) is 0 Å². The maximum Gasteiger partial charge on any atom is 0.303 e. The maximum atomic E-state index is 12.3. The van der Waals surface area contributed by atoms with E-state index in [1.807, 2.05) is 24.3 Å². The van der Waals surface area contributed by atoms with E-state index >= 15 is 0 Å². The van der Waals surface area contributed by atoms with Gasteiger partial charge in [0.15, 0.2) is 0 Å². The number of nitrogens with zero attached hydrogens (tertiary/aromatic N) is 1. The second-order valence-electron chi connectivity index (χ2n) is 4.51. The van der Waals surface area contributed by atoms with Crippen molar-refractivity contribution in [2.45, 2.75) is 12.8 Å². The minimum atomic E-state index is -0.841. The number of pyridine rings is 1. The molecule has 0 aliphatic carbocycles. The summed E-state index contributed by atoms with van der Waals surface area (Å²) in [7, 11) is 0. The summed E-state index contributed by atoms with van der Waals surface area (Å²) in [6, 6.07) is 9.20. The minimum Gasteiger partial charge on any atom is -0.490 e. The van der Waals surface area contributed by atoms with E-state index in [-0.39, 0.29) is 13.0 Å². The molecule has 1 heterocycles. The van der Waals surface area contributed by atoms with Gasteiger partial charge in [0.1, 0.15) is 19.0 Å². The highest BCUT2D eigenvalue weighted by Crippen LogP contribution is 2.29. The molecule has 5 heteroatoms. The van der Waals surface area contributed by atoms with Crippen LogP contribution in [0.2, 0.25) is 0 Å². The SMILES string of the molecule is O=C(O)CCc1cncc(-c2ccccc2OCCF)c1. The molecule has 1 N–H and O–H groups in total. The van der Waals surface area contributed by atoms with Gasteiger partial charge in [0, 0.05) is 29.9 Å². The Morgan fingerprint density at radius 1 is 1.29 bits per heavy atom. The predicted molar refractivity (Wildman–Crippen MR) is 77.1 cm³/mol. The number of ether oxygens (including phenoxy) is 1. The maximum absolute atomic E-state index is 12.3. The monoisotopic (exact) mass is 289 g/mol. The second-order valence-corrected chi connectivity index (χ2v) is 4.51. The number of carboxylic acid groups (broad SMARTS) is 1. The Morgan fingerprint density at radius 3 is 2.86 bits per heavy atom. The third-order valence-corrected chi connectivity index (χ3v) is 2.96. The lowest BCUT2D eigenvalue weighted by molar-refractivity contribution is -0.136. The Bertz CT molecular complexity index is 616. The minimum absolute atomic E-state index is 0.00312. The zero-order valence-corrected chi connectivity index (χ0v) is 11.5. The Kier molecular flexibility index (Phi) is 5.26. The van der Waals surface area contributed by atoms with Gasteiger partial charge in [-0.25, -0.2) is 4.39 Å². The summed E-state index contributed by atoms with van der Waals surface area (Å²) < 4.78 is 17.6. The molecule has 0 bridgehead atoms. The van der Waals surface area contributed by atoms with Crippen LogP contribution >= 0.6 is 0 Å². The average Bonchev–Trinajstić information content (AvgIpc) is 2.51. The molecule has 1 aromatic carbocycles. The number of carboxylic acids is 1. The molecule has 4 nitrogen and oxygen atoms in total. The Morgan fingerprint density at radius 2 is 2.10 bits per heavy atom. The highest BCUT2D eigenvalue weighted by molar-refractivity contribution is 5.70. The molecule has 0 aliphatic heterocycles. The van der Waals surface area contributed by atoms with Gasteiger partial charge in [-0.05, 0) is 24.1 Å². The van der Waals surface area contributed by atoms with Gasteiger partial charge < -0.3 is 9.84 Å². The number of rotatable bonds is 7. The van der Waals surface area contributed by atoms with Gasteiger partial charge >= 0.3 is 5.97 Å². The number of para-hydroxylation sites is 1. The van der Waals surface area contributed by atoms with Crippen LogP contribution < -0.4 is 4.74 Å². The average molecular weight is 289 g/mol. The Hall–Kier alpha value is -2.43. The summed E-state index contributed by atoms with van der Waals surface area (Å²) >= 11 is 0. The first kappa shape index (κ1) is 15.0. The third kappa shape index (κ3) is 4.27. The van der Waals surface area contributed by atoms with E-state index in [1.54, 1.807) is 18.5 Å². The molecule has 21 heavy (non-hydrogen) atoms. The smallest absolute Gasteiger partial charge is 0.303 e. The predicted octanol–water partition coefficient (Wildman–Crippen LogP) is 3.11. The molecule has 0 saturated heterocycles. The molecule has 0 saturated carbocycles. The molecule has 0 amide bonds. The number of carbonyl (C=O) groups is 1. The normalized spacial score (nSPS) is 10.3. The van der Waals surface area contributed by atoms with Crippen LogP contribution in [-0.2, 0) is 11.2 Å². The summed E-state index contributed by atoms with van der Waals surface area (Å²) in [5.41, 5.74) is 2.48. The van der Waals surface area contributed by atoms with Crippen LogP contribution in [-0.4, -0.2) is 29.3 Å². The molecular formula is C16H16FNO3. The molecule has 0 fully saturated rings. The van der Waals surface area contributed by atoms with Crippen molar-refractivity contribution in [3.8, 4) is 16.9 Å². The van der Waals surface area contributed by atoms with Crippen LogP contribution in [0.5, 0.6) is 5.75 Å². The molecule has 0 spiro atoms. The molecule has 110 valence electrons. The van der Waals surface area contributed by atoms with Crippen molar-refractivity contribution in [2.75, 3.05) is 13.3 Å². The molecule has 0 aliphatic rings. The van der Waals surface area contributed by atoms with Gasteiger partial charge in [-0.1, -0.05) is 18.2 Å². The van der Waals surface area contributed by atoms with E-state index in [1.165, 1.54) is 0 Å². The largest absolute Gasteiger partial charge is 0.490 e. The number of halogens is 1. The first-order valence-electron chi connectivity index (χ1n) is 6.64. The molecule has 2 rings (SSSR count). The lowest BCUT2D eigenvalue weighted by Gasteiger charge is -2.11.